The van der Waals surface area contributed by atoms with Crippen LogP contribution in [-0.4, -0.2) is 25.6 Å². The van der Waals surface area contributed by atoms with Crippen LogP contribution in [0.1, 0.15) is 10.4 Å². The first-order valence-electron chi connectivity index (χ1n) is 6.54. The largest absolute Gasteiger partial charge is 0.482 e. The van der Waals surface area contributed by atoms with Gasteiger partial charge in [-0.2, -0.15) is 0 Å². The molecule has 0 bridgehead atoms. The van der Waals surface area contributed by atoms with E-state index in [9.17, 15) is 9.59 Å². The molecule has 0 unspecified atom stereocenters. The fourth-order valence-corrected chi connectivity index (χ4v) is 2.63. The Hall–Kier alpha value is -2.09. The predicted molar refractivity (Wildman–Crippen MR) is 89.6 cm³/mol. The third kappa shape index (κ3) is 2.66. The molecule has 1 aliphatic rings. The van der Waals surface area contributed by atoms with Gasteiger partial charge >= 0.3 is 5.97 Å². The average molecular weight is 409 g/mol. The number of hydrogen-bond donors (Lipinski definition) is 0. The zero-order valence-electron chi connectivity index (χ0n) is 11.7. The van der Waals surface area contributed by atoms with Gasteiger partial charge in [0.25, 0.3) is 5.91 Å². The quantitative estimate of drug-likeness (QED) is 0.565. The Labute approximate surface area is 141 Å². The van der Waals surface area contributed by atoms with Crippen molar-refractivity contribution < 1.29 is 19.1 Å². The second kappa shape index (κ2) is 5.96. The van der Waals surface area contributed by atoms with E-state index in [1.54, 1.807) is 23.1 Å². The maximum atomic E-state index is 12.3. The van der Waals surface area contributed by atoms with E-state index in [4.69, 9.17) is 9.47 Å². The van der Waals surface area contributed by atoms with E-state index >= 15 is 0 Å². The first kappa shape index (κ1) is 14.8. The van der Waals surface area contributed by atoms with Crippen molar-refractivity contribution in [3.05, 3.63) is 51.6 Å². The van der Waals surface area contributed by atoms with E-state index in [2.05, 4.69) is 22.6 Å². The predicted octanol–water partition coefficient (Wildman–Crippen LogP) is 3.13. The van der Waals surface area contributed by atoms with Gasteiger partial charge in [-0.25, -0.2) is 4.79 Å². The number of halogens is 1. The van der Waals surface area contributed by atoms with Gasteiger partial charge in [0.05, 0.1) is 18.4 Å². The Morgan fingerprint density at radius 1 is 1.23 bits per heavy atom. The van der Waals surface area contributed by atoms with Crippen LogP contribution < -0.4 is 9.64 Å². The molecule has 1 amide bonds. The molecule has 0 fully saturated rings. The Kier molecular flexibility index (Phi) is 4.02. The Bertz CT molecular complexity index is 742. The van der Waals surface area contributed by atoms with Crippen LogP contribution in [0, 0.1) is 3.57 Å². The van der Waals surface area contributed by atoms with Crippen molar-refractivity contribution >= 4 is 45.8 Å². The molecule has 0 spiro atoms. The summed E-state index contributed by atoms with van der Waals surface area (Å²) in [4.78, 5) is 25.5. The molecule has 5 nitrogen and oxygen atoms in total. The summed E-state index contributed by atoms with van der Waals surface area (Å²) in [6.45, 7) is -0.0312. The van der Waals surface area contributed by atoms with Crippen LogP contribution in [-0.2, 0) is 9.53 Å². The van der Waals surface area contributed by atoms with E-state index in [0.29, 0.717) is 17.0 Å². The number of nitrogens with zero attached hydrogens (tertiary/aromatic N) is 1. The standard InChI is InChI=1S/C16H12INO4/c1-21-16(20)10-2-7-14-13(8-10)18(15(19)9-22-14)12-5-3-11(17)4-6-12/h2-8H,9H2,1H3. The molecule has 0 saturated carbocycles. The summed E-state index contributed by atoms with van der Waals surface area (Å²) in [6, 6.07) is 12.5. The molecule has 22 heavy (non-hydrogen) atoms. The molecule has 0 radical (unpaired) electrons. The highest BCUT2D eigenvalue weighted by Gasteiger charge is 2.28. The minimum Gasteiger partial charge on any atom is -0.482 e. The third-order valence-corrected chi connectivity index (χ3v) is 4.03. The topological polar surface area (TPSA) is 55.8 Å². The number of fused-ring (bicyclic) bond motifs is 1. The molecule has 0 atom stereocenters. The number of anilines is 2. The van der Waals surface area contributed by atoms with Crippen LogP contribution in [0.15, 0.2) is 42.5 Å². The summed E-state index contributed by atoms with van der Waals surface area (Å²) in [7, 11) is 1.32. The molecule has 1 heterocycles. The van der Waals surface area contributed by atoms with Crippen molar-refractivity contribution in [1.82, 2.24) is 0 Å². The van der Waals surface area contributed by atoms with Gasteiger partial charge in [-0.1, -0.05) is 0 Å². The molecule has 2 aromatic rings. The Morgan fingerprint density at radius 2 is 1.95 bits per heavy atom. The van der Waals surface area contributed by atoms with Crippen LogP contribution in [0.25, 0.3) is 0 Å². The number of rotatable bonds is 2. The summed E-state index contributed by atoms with van der Waals surface area (Å²) in [5.74, 6) is -0.0788. The highest BCUT2D eigenvalue weighted by molar-refractivity contribution is 14.1. The van der Waals surface area contributed by atoms with Gasteiger partial charge in [0.1, 0.15) is 5.75 Å². The minimum absolute atomic E-state index is 0.0312. The van der Waals surface area contributed by atoms with Crippen LogP contribution in [0.3, 0.4) is 0 Å². The first-order valence-corrected chi connectivity index (χ1v) is 7.61. The second-order valence-electron chi connectivity index (χ2n) is 4.67. The van der Waals surface area contributed by atoms with Gasteiger partial charge in [0.2, 0.25) is 0 Å². The molecule has 2 aromatic carbocycles. The minimum atomic E-state index is -0.455. The first-order chi connectivity index (χ1) is 10.6. The summed E-state index contributed by atoms with van der Waals surface area (Å²) in [5, 5.41) is 0. The van der Waals surface area contributed by atoms with E-state index in [1.165, 1.54) is 7.11 Å². The lowest BCUT2D eigenvalue weighted by molar-refractivity contribution is -0.120. The zero-order valence-corrected chi connectivity index (χ0v) is 13.9. The highest BCUT2D eigenvalue weighted by Crippen LogP contribution is 2.38. The smallest absolute Gasteiger partial charge is 0.337 e. The summed E-state index contributed by atoms with van der Waals surface area (Å²) >= 11 is 2.20. The number of esters is 1. The van der Waals surface area contributed by atoms with Crippen molar-refractivity contribution in [2.24, 2.45) is 0 Å². The fourth-order valence-electron chi connectivity index (χ4n) is 2.27. The van der Waals surface area contributed by atoms with Crippen molar-refractivity contribution in [3.8, 4) is 5.75 Å². The Balaban J connectivity index is 2.10. The van der Waals surface area contributed by atoms with Crippen molar-refractivity contribution in [3.63, 3.8) is 0 Å². The van der Waals surface area contributed by atoms with Crippen LogP contribution in [0.5, 0.6) is 5.75 Å². The number of carbonyl (C=O) groups is 2. The number of hydrogen-bond acceptors (Lipinski definition) is 4. The number of amides is 1. The average Bonchev–Trinajstić information content (AvgIpc) is 2.54. The lowest BCUT2D eigenvalue weighted by Crippen LogP contribution is -2.35. The van der Waals surface area contributed by atoms with Crippen molar-refractivity contribution in [1.29, 1.82) is 0 Å². The molecule has 0 N–H and O–H groups in total. The number of carbonyl (C=O) groups excluding carboxylic acids is 2. The van der Waals surface area contributed by atoms with E-state index in [0.717, 1.165) is 9.26 Å². The van der Waals surface area contributed by atoms with Gasteiger partial charge < -0.3 is 9.47 Å². The molecule has 0 aromatic heterocycles. The second-order valence-corrected chi connectivity index (χ2v) is 5.91. The maximum absolute atomic E-state index is 12.3. The molecular formula is C16H12INO4. The summed E-state index contributed by atoms with van der Waals surface area (Å²) in [6.07, 6.45) is 0. The summed E-state index contributed by atoms with van der Waals surface area (Å²) in [5.41, 5.74) is 1.65. The third-order valence-electron chi connectivity index (χ3n) is 3.31. The molecule has 112 valence electrons. The molecule has 1 aliphatic heterocycles. The molecule has 0 aliphatic carbocycles. The van der Waals surface area contributed by atoms with Crippen LogP contribution in [0.2, 0.25) is 0 Å². The van der Waals surface area contributed by atoms with Gasteiger partial charge in [0.15, 0.2) is 6.61 Å². The molecular weight excluding hydrogens is 397 g/mol. The SMILES string of the molecule is COC(=O)c1ccc2c(c1)N(c1ccc(I)cc1)C(=O)CO2. The van der Waals surface area contributed by atoms with Gasteiger partial charge in [-0.05, 0) is 65.1 Å². The van der Waals surface area contributed by atoms with Gasteiger partial charge in [-0.15, -0.1) is 0 Å². The lowest BCUT2D eigenvalue weighted by Gasteiger charge is -2.29. The number of benzene rings is 2. The number of ether oxygens (including phenoxy) is 2. The molecule has 6 heteroatoms. The van der Waals surface area contributed by atoms with E-state index < -0.39 is 5.97 Å². The lowest BCUT2D eigenvalue weighted by atomic mass is 10.1. The van der Waals surface area contributed by atoms with Crippen molar-refractivity contribution in [2.45, 2.75) is 0 Å². The summed E-state index contributed by atoms with van der Waals surface area (Å²) < 4.78 is 11.2. The molecule has 0 saturated heterocycles. The molecule has 3 rings (SSSR count). The number of methoxy groups -OCH3 is 1. The monoisotopic (exact) mass is 409 g/mol. The van der Waals surface area contributed by atoms with Crippen molar-refractivity contribution in [2.75, 3.05) is 18.6 Å². The highest BCUT2D eigenvalue weighted by atomic mass is 127. The van der Waals surface area contributed by atoms with E-state index in [-0.39, 0.29) is 12.5 Å². The van der Waals surface area contributed by atoms with E-state index in [1.807, 2.05) is 24.3 Å². The van der Waals surface area contributed by atoms with Gasteiger partial charge in [0, 0.05) is 9.26 Å². The normalized spacial score (nSPS) is 13.4. The Morgan fingerprint density at radius 3 is 2.64 bits per heavy atom. The fraction of sp³-hybridized carbons (Fsp3) is 0.125. The van der Waals surface area contributed by atoms with Crippen LogP contribution in [0.4, 0.5) is 11.4 Å². The van der Waals surface area contributed by atoms with Crippen LogP contribution >= 0.6 is 22.6 Å². The van der Waals surface area contributed by atoms with Gasteiger partial charge in [-0.3, -0.25) is 9.69 Å². The zero-order chi connectivity index (χ0) is 15.7. The maximum Gasteiger partial charge on any atom is 0.337 e.